The van der Waals surface area contributed by atoms with Gasteiger partial charge in [0.25, 0.3) is 0 Å². The van der Waals surface area contributed by atoms with Crippen LogP contribution in [0.2, 0.25) is 5.15 Å². The molecule has 0 spiro atoms. The summed E-state index contributed by atoms with van der Waals surface area (Å²) < 4.78 is 0. The van der Waals surface area contributed by atoms with E-state index in [9.17, 15) is 5.11 Å². The summed E-state index contributed by atoms with van der Waals surface area (Å²) in [4.78, 5) is 10.6. The van der Waals surface area contributed by atoms with Crippen molar-refractivity contribution in [1.82, 2.24) is 9.97 Å². The van der Waals surface area contributed by atoms with Gasteiger partial charge in [-0.05, 0) is 13.8 Å². The van der Waals surface area contributed by atoms with E-state index in [1.165, 1.54) is 0 Å². The molecule has 0 saturated heterocycles. The van der Waals surface area contributed by atoms with Crippen molar-refractivity contribution < 1.29 is 5.11 Å². The summed E-state index contributed by atoms with van der Waals surface area (Å²) >= 11 is 6.07. The molecule has 0 aliphatic rings. The zero-order valence-electron chi connectivity index (χ0n) is 11.8. The smallest absolute Gasteiger partial charge is 0.163 e. The highest BCUT2D eigenvalue weighted by Crippen LogP contribution is 2.22. The van der Waals surface area contributed by atoms with E-state index in [4.69, 9.17) is 11.6 Å². The molecule has 1 N–H and O–H groups in total. The van der Waals surface area contributed by atoms with E-state index in [0.717, 1.165) is 5.56 Å². The molecule has 0 amide bonds. The molecule has 0 atom stereocenters. The van der Waals surface area contributed by atoms with Gasteiger partial charge in [-0.15, -0.1) is 0 Å². The van der Waals surface area contributed by atoms with Crippen LogP contribution in [0, 0.1) is 0 Å². The highest BCUT2D eigenvalue weighted by molar-refractivity contribution is 6.29. The summed E-state index contributed by atoms with van der Waals surface area (Å²) in [6, 6.07) is 11.4. The van der Waals surface area contributed by atoms with Crippen LogP contribution in [-0.4, -0.2) is 34.3 Å². The Balaban J connectivity index is 2.34. The first-order valence-corrected chi connectivity index (χ1v) is 6.76. The predicted octanol–water partition coefficient (Wildman–Crippen LogP) is 3.00. The van der Waals surface area contributed by atoms with E-state index in [1.807, 2.05) is 42.3 Å². The van der Waals surface area contributed by atoms with Crippen molar-refractivity contribution in [1.29, 1.82) is 0 Å². The zero-order chi connectivity index (χ0) is 14.8. The molecule has 2 rings (SSSR count). The minimum absolute atomic E-state index is 0.386. The Labute approximate surface area is 124 Å². The number of likely N-dealkylation sites (N-methyl/N-ethyl adjacent to an activating group) is 1. The first kappa shape index (κ1) is 14.8. The zero-order valence-corrected chi connectivity index (χ0v) is 12.6. The Morgan fingerprint density at radius 1 is 1.20 bits per heavy atom. The number of anilines is 1. The van der Waals surface area contributed by atoms with Crippen LogP contribution in [0.3, 0.4) is 0 Å². The van der Waals surface area contributed by atoms with Crippen molar-refractivity contribution in [3.63, 3.8) is 0 Å². The van der Waals surface area contributed by atoms with Crippen LogP contribution in [0.25, 0.3) is 11.4 Å². The van der Waals surface area contributed by atoms with E-state index in [0.29, 0.717) is 23.3 Å². The Morgan fingerprint density at radius 3 is 2.45 bits per heavy atom. The molecule has 0 fully saturated rings. The van der Waals surface area contributed by atoms with Gasteiger partial charge in [0.2, 0.25) is 0 Å². The standard InChI is InChI=1S/C15H18ClN3O/c1-15(2,20)10-19(3)13-9-12(16)17-14(18-13)11-7-5-4-6-8-11/h4-9,20H,10H2,1-3H3. The fourth-order valence-electron chi connectivity index (χ4n) is 1.98. The number of rotatable bonds is 4. The van der Waals surface area contributed by atoms with Crippen molar-refractivity contribution in [3.8, 4) is 11.4 Å². The second-order valence-electron chi connectivity index (χ2n) is 5.41. The molecule has 0 saturated carbocycles. The van der Waals surface area contributed by atoms with Crippen molar-refractivity contribution in [2.45, 2.75) is 19.4 Å². The molecular formula is C15H18ClN3O. The number of nitrogens with zero attached hydrogens (tertiary/aromatic N) is 3. The first-order valence-electron chi connectivity index (χ1n) is 6.39. The second kappa shape index (κ2) is 5.77. The van der Waals surface area contributed by atoms with Gasteiger partial charge in [0.15, 0.2) is 5.82 Å². The predicted molar refractivity (Wildman–Crippen MR) is 82.0 cm³/mol. The molecule has 0 aliphatic heterocycles. The van der Waals surface area contributed by atoms with Crippen molar-refractivity contribution in [2.75, 3.05) is 18.5 Å². The van der Waals surface area contributed by atoms with Gasteiger partial charge in [-0.1, -0.05) is 41.9 Å². The third-order valence-corrected chi connectivity index (χ3v) is 2.92. The fraction of sp³-hybridized carbons (Fsp3) is 0.333. The summed E-state index contributed by atoms with van der Waals surface area (Å²) in [5.74, 6) is 1.27. The highest BCUT2D eigenvalue weighted by Gasteiger charge is 2.18. The lowest BCUT2D eigenvalue weighted by molar-refractivity contribution is 0.0884. The SMILES string of the molecule is CN(CC(C)(C)O)c1cc(Cl)nc(-c2ccccc2)n1. The maximum absolute atomic E-state index is 9.89. The van der Waals surface area contributed by atoms with Gasteiger partial charge in [-0.2, -0.15) is 0 Å². The molecule has 1 aromatic carbocycles. The van der Waals surface area contributed by atoms with Crippen molar-refractivity contribution >= 4 is 17.4 Å². The maximum Gasteiger partial charge on any atom is 0.163 e. The van der Waals surface area contributed by atoms with Crippen molar-refractivity contribution in [3.05, 3.63) is 41.6 Å². The Bertz CT molecular complexity index is 581. The molecule has 1 aromatic heterocycles. The summed E-state index contributed by atoms with van der Waals surface area (Å²) in [6.07, 6.45) is 0. The van der Waals surface area contributed by atoms with E-state index in [2.05, 4.69) is 9.97 Å². The minimum atomic E-state index is -0.806. The van der Waals surface area contributed by atoms with E-state index < -0.39 is 5.60 Å². The molecule has 0 bridgehead atoms. The van der Waals surface area contributed by atoms with Crippen LogP contribution in [0.15, 0.2) is 36.4 Å². The molecule has 4 nitrogen and oxygen atoms in total. The third-order valence-electron chi connectivity index (χ3n) is 2.73. The van der Waals surface area contributed by atoms with Crippen LogP contribution in [0.5, 0.6) is 0 Å². The molecule has 0 aliphatic carbocycles. The van der Waals surface area contributed by atoms with Gasteiger partial charge in [-0.25, -0.2) is 9.97 Å². The number of hydrogen-bond acceptors (Lipinski definition) is 4. The van der Waals surface area contributed by atoms with E-state index >= 15 is 0 Å². The second-order valence-corrected chi connectivity index (χ2v) is 5.79. The number of benzene rings is 1. The highest BCUT2D eigenvalue weighted by atomic mass is 35.5. The molecule has 0 unspecified atom stereocenters. The normalized spacial score (nSPS) is 11.4. The van der Waals surface area contributed by atoms with Crippen LogP contribution < -0.4 is 4.90 Å². The minimum Gasteiger partial charge on any atom is -0.389 e. The number of hydrogen-bond donors (Lipinski definition) is 1. The maximum atomic E-state index is 9.89. The number of aliphatic hydroxyl groups is 1. The number of halogens is 1. The molecular weight excluding hydrogens is 274 g/mol. The van der Waals surface area contributed by atoms with Crippen LogP contribution >= 0.6 is 11.6 Å². The summed E-state index contributed by atoms with van der Waals surface area (Å²) in [6.45, 7) is 3.96. The van der Waals surface area contributed by atoms with Gasteiger partial charge >= 0.3 is 0 Å². The van der Waals surface area contributed by atoms with Gasteiger partial charge in [0.1, 0.15) is 11.0 Å². The first-order chi connectivity index (χ1) is 9.35. The molecule has 20 heavy (non-hydrogen) atoms. The van der Waals surface area contributed by atoms with Gasteiger partial charge in [0.05, 0.1) is 5.60 Å². The van der Waals surface area contributed by atoms with Gasteiger partial charge in [-0.3, -0.25) is 0 Å². The molecule has 5 heteroatoms. The van der Waals surface area contributed by atoms with Crippen LogP contribution in [-0.2, 0) is 0 Å². The lowest BCUT2D eigenvalue weighted by atomic mass is 10.1. The molecule has 106 valence electrons. The van der Waals surface area contributed by atoms with E-state index in [-0.39, 0.29) is 0 Å². The third kappa shape index (κ3) is 3.92. The molecule has 0 radical (unpaired) electrons. The fourth-order valence-corrected chi connectivity index (χ4v) is 2.16. The lowest BCUT2D eigenvalue weighted by Gasteiger charge is -2.26. The monoisotopic (exact) mass is 291 g/mol. The quantitative estimate of drug-likeness (QED) is 0.880. The molecule has 1 heterocycles. The Hall–Kier alpha value is -1.65. The Morgan fingerprint density at radius 2 is 1.85 bits per heavy atom. The average molecular weight is 292 g/mol. The van der Waals surface area contributed by atoms with Gasteiger partial charge < -0.3 is 10.0 Å². The van der Waals surface area contributed by atoms with Gasteiger partial charge in [0, 0.05) is 25.2 Å². The Kier molecular flexibility index (Phi) is 4.26. The van der Waals surface area contributed by atoms with Crippen LogP contribution in [0.4, 0.5) is 5.82 Å². The lowest BCUT2D eigenvalue weighted by Crippen LogP contribution is -2.36. The molecule has 2 aromatic rings. The summed E-state index contributed by atoms with van der Waals surface area (Å²) in [5.41, 5.74) is 0.104. The average Bonchev–Trinajstić information content (AvgIpc) is 2.37. The van der Waals surface area contributed by atoms with Crippen LogP contribution in [0.1, 0.15) is 13.8 Å². The number of aromatic nitrogens is 2. The summed E-state index contributed by atoms with van der Waals surface area (Å²) in [7, 11) is 1.87. The van der Waals surface area contributed by atoms with E-state index in [1.54, 1.807) is 19.9 Å². The van der Waals surface area contributed by atoms with Crippen molar-refractivity contribution in [2.24, 2.45) is 0 Å². The topological polar surface area (TPSA) is 49.2 Å². The summed E-state index contributed by atoms with van der Waals surface area (Å²) in [5, 5.41) is 10.3. The largest absolute Gasteiger partial charge is 0.389 e.